The van der Waals surface area contributed by atoms with Crippen LogP contribution in [0.15, 0.2) is 15.1 Å². The van der Waals surface area contributed by atoms with Gasteiger partial charge in [-0.3, -0.25) is 4.99 Å². The maximum absolute atomic E-state index is 6.03. The van der Waals surface area contributed by atoms with Gasteiger partial charge in [-0.1, -0.05) is 42.6 Å². The zero-order chi connectivity index (χ0) is 14.6. The predicted octanol–water partition coefficient (Wildman–Crippen LogP) is 3.80. The summed E-state index contributed by atoms with van der Waals surface area (Å²) in [5.74, 6) is 0.583. The van der Waals surface area contributed by atoms with Crippen molar-refractivity contribution in [2.75, 3.05) is 32.9 Å². The minimum Gasteiger partial charge on any atom is -0.382 e. The molecule has 1 aliphatic rings. The number of aliphatic imine (C=N–C) groups is 1. The fourth-order valence-electron chi connectivity index (χ4n) is 1.99. The van der Waals surface area contributed by atoms with E-state index in [1.54, 1.807) is 7.11 Å². The van der Waals surface area contributed by atoms with Crippen LogP contribution >= 0.6 is 23.4 Å². The molecule has 1 rings (SSSR count). The first-order valence-electron chi connectivity index (χ1n) is 6.94. The van der Waals surface area contributed by atoms with Crippen LogP contribution in [0, 0.1) is 0 Å². The molecule has 0 heterocycles. The fourth-order valence-corrected chi connectivity index (χ4v) is 2.96. The van der Waals surface area contributed by atoms with Crippen LogP contribution in [0.1, 0.15) is 32.1 Å². The molecule has 116 valence electrons. The lowest BCUT2D eigenvalue weighted by atomic mass is 9.98. The molecule has 0 aromatic carbocycles. The van der Waals surface area contributed by atoms with Crippen LogP contribution in [-0.4, -0.2) is 45.7 Å². The third-order valence-corrected chi connectivity index (χ3v) is 4.50. The molecule has 0 aromatic heterocycles. The lowest BCUT2D eigenvalue weighted by Gasteiger charge is -2.22. The molecule has 0 unspecified atom stereocenters. The van der Waals surface area contributed by atoms with Gasteiger partial charge in [-0.25, -0.2) is 0 Å². The summed E-state index contributed by atoms with van der Waals surface area (Å²) in [6, 6.07) is 0. The molecule has 6 heteroatoms. The van der Waals surface area contributed by atoms with Crippen molar-refractivity contribution in [1.82, 2.24) is 0 Å². The molecule has 1 saturated carbocycles. The van der Waals surface area contributed by atoms with Gasteiger partial charge in [0.25, 0.3) is 0 Å². The minimum atomic E-state index is 0.389. The highest BCUT2D eigenvalue weighted by atomic mass is 35.5. The largest absolute Gasteiger partial charge is 0.382 e. The molecule has 1 fully saturated rings. The highest BCUT2D eigenvalue weighted by Gasteiger charge is 2.14. The van der Waals surface area contributed by atoms with Gasteiger partial charge in [0.15, 0.2) is 0 Å². The van der Waals surface area contributed by atoms with Gasteiger partial charge in [0, 0.05) is 7.11 Å². The van der Waals surface area contributed by atoms with Crippen LogP contribution < -0.4 is 0 Å². The van der Waals surface area contributed by atoms with Gasteiger partial charge in [-0.2, -0.15) is 0 Å². The number of halogens is 1. The summed E-state index contributed by atoms with van der Waals surface area (Å²) in [5, 5.41) is 0.389. The number of nitrogens with zero attached hydrogens (tertiary/aromatic N) is 1. The van der Waals surface area contributed by atoms with Gasteiger partial charge in [-0.15, -0.1) is 0 Å². The molecule has 0 spiro atoms. The first kappa shape index (κ1) is 18.0. The standard InChI is InChI=1S/C14H24ClNO3S/c1-16-14(15)13(10-18-9-8-17-2)20-11-19-12-6-4-3-5-7-12/h12H,1,3-11H2,2H3/b14-13-. The van der Waals surface area contributed by atoms with Gasteiger partial charge in [0.05, 0.1) is 36.8 Å². The second kappa shape index (κ2) is 11.6. The number of hydrogen-bond donors (Lipinski definition) is 0. The number of rotatable bonds is 10. The Morgan fingerprint density at radius 2 is 2.05 bits per heavy atom. The molecule has 0 radical (unpaired) electrons. The maximum Gasteiger partial charge on any atom is 0.140 e. The second-order valence-electron chi connectivity index (χ2n) is 4.61. The molecule has 0 N–H and O–H groups in total. The Labute approximate surface area is 130 Å². The van der Waals surface area contributed by atoms with Crippen molar-refractivity contribution >= 4 is 30.1 Å². The Morgan fingerprint density at radius 1 is 1.30 bits per heavy atom. The molecule has 0 aromatic rings. The Bertz CT molecular complexity index is 307. The number of hydrogen-bond acceptors (Lipinski definition) is 5. The van der Waals surface area contributed by atoms with Crippen molar-refractivity contribution in [3.63, 3.8) is 0 Å². The topological polar surface area (TPSA) is 40.0 Å². The van der Waals surface area contributed by atoms with E-state index in [4.69, 9.17) is 25.8 Å². The van der Waals surface area contributed by atoms with E-state index in [1.807, 2.05) is 0 Å². The quantitative estimate of drug-likeness (QED) is 0.265. The summed E-state index contributed by atoms with van der Waals surface area (Å²) in [5.41, 5.74) is 0. The average Bonchev–Trinajstić information content (AvgIpc) is 2.50. The van der Waals surface area contributed by atoms with Crippen molar-refractivity contribution in [2.24, 2.45) is 4.99 Å². The molecule has 4 nitrogen and oxygen atoms in total. The molecule has 0 amide bonds. The smallest absolute Gasteiger partial charge is 0.140 e. The molecular weight excluding hydrogens is 298 g/mol. The van der Waals surface area contributed by atoms with Crippen LogP contribution in [-0.2, 0) is 14.2 Å². The van der Waals surface area contributed by atoms with E-state index in [0.717, 1.165) is 17.7 Å². The van der Waals surface area contributed by atoms with E-state index in [2.05, 4.69) is 11.7 Å². The summed E-state index contributed by atoms with van der Waals surface area (Å²) in [7, 11) is 1.64. The Morgan fingerprint density at radius 3 is 2.70 bits per heavy atom. The average molecular weight is 322 g/mol. The van der Waals surface area contributed by atoms with Crippen LogP contribution in [0.2, 0.25) is 0 Å². The van der Waals surface area contributed by atoms with E-state index >= 15 is 0 Å². The Balaban J connectivity index is 2.27. The second-order valence-corrected chi connectivity index (χ2v) is 5.98. The van der Waals surface area contributed by atoms with Crippen molar-refractivity contribution in [3.05, 3.63) is 10.1 Å². The van der Waals surface area contributed by atoms with Gasteiger partial charge in [0.2, 0.25) is 0 Å². The zero-order valence-corrected chi connectivity index (χ0v) is 13.7. The van der Waals surface area contributed by atoms with Crippen LogP contribution in [0.25, 0.3) is 0 Å². The Hall–Kier alpha value is -0.0700. The van der Waals surface area contributed by atoms with Crippen LogP contribution in [0.5, 0.6) is 0 Å². The maximum atomic E-state index is 6.03. The molecule has 0 bridgehead atoms. The van der Waals surface area contributed by atoms with Gasteiger partial charge < -0.3 is 14.2 Å². The van der Waals surface area contributed by atoms with E-state index in [1.165, 1.54) is 31.0 Å². The third kappa shape index (κ3) is 7.64. The van der Waals surface area contributed by atoms with E-state index in [-0.39, 0.29) is 0 Å². The van der Waals surface area contributed by atoms with Crippen molar-refractivity contribution in [2.45, 2.75) is 38.2 Å². The molecule has 1 aliphatic carbocycles. The fraction of sp³-hybridized carbons (Fsp3) is 0.786. The van der Waals surface area contributed by atoms with Gasteiger partial charge in [-0.05, 0) is 19.6 Å². The summed E-state index contributed by atoms with van der Waals surface area (Å²) in [6.07, 6.45) is 6.59. The lowest BCUT2D eigenvalue weighted by Crippen LogP contribution is -2.16. The van der Waals surface area contributed by atoms with Crippen LogP contribution in [0.4, 0.5) is 0 Å². The van der Waals surface area contributed by atoms with E-state index in [9.17, 15) is 0 Å². The highest BCUT2D eigenvalue weighted by molar-refractivity contribution is 8.03. The number of thioether (sulfide) groups is 1. The van der Waals surface area contributed by atoms with Crippen molar-refractivity contribution < 1.29 is 14.2 Å². The monoisotopic (exact) mass is 321 g/mol. The van der Waals surface area contributed by atoms with Crippen molar-refractivity contribution in [3.8, 4) is 0 Å². The SMILES string of the molecule is C=N/C(Cl)=C(/COCCOC)SCOC1CCCCC1. The lowest BCUT2D eigenvalue weighted by molar-refractivity contribution is 0.0600. The van der Waals surface area contributed by atoms with Gasteiger partial charge >= 0.3 is 0 Å². The van der Waals surface area contributed by atoms with E-state index < -0.39 is 0 Å². The summed E-state index contributed by atoms with van der Waals surface area (Å²) in [6.45, 7) is 4.96. The summed E-state index contributed by atoms with van der Waals surface area (Å²) in [4.78, 5) is 4.62. The first-order chi connectivity index (χ1) is 9.77. The molecule has 0 atom stereocenters. The van der Waals surface area contributed by atoms with Crippen LogP contribution in [0.3, 0.4) is 0 Å². The summed E-state index contributed by atoms with van der Waals surface area (Å²) < 4.78 is 16.3. The molecular formula is C14H24ClNO3S. The minimum absolute atomic E-state index is 0.389. The first-order valence-corrected chi connectivity index (χ1v) is 8.30. The van der Waals surface area contributed by atoms with Gasteiger partial charge in [0.1, 0.15) is 5.16 Å². The highest BCUT2D eigenvalue weighted by Crippen LogP contribution is 2.26. The summed E-state index contributed by atoms with van der Waals surface area (Å²) >= 11 is 7.56. The number of ether oxygens (including phenoxy) is 3. The zero-order valence-electron chi connectivity index (χ0n) is 12.1. The third-order valence-electron chi connectivity index (χ3n) is 3.12. The van der Waals surface area contributed by atoms with E-state index in [0.29, 0.717) is 37.0 Å². The predicted molar refractivity (Wildman–Crippen MR) is 85.5 cm³/mol. The Kier molecular flexibility index (Phi) is 10.4. The number of methoxy groups -OCH3 is 1. The van der Waals surface area contributed by atoms with Crippen molar-refractivity contribution in [1.29, 1.82) is 0 Å². The molecule has 20 heavy (non-hydrogen) atoms. The molecule has 0 saturated heterocycles. The molecule has 0 aliphatic heterocycles. The normalized spacial score (nSPS) is 17.9.